The smallest absolute Gasteiger partial charge is 0.108 e. The molecule has 2 aromatic rings. The molecule has 0 aliphatic rings. The van der Waals surface area contributed by atoms with Crippen molar-refractivity contribution >= 4 is 21.6 Å². The second-order valence-electron chi connectivity index (χ2n) is 3.44. The van der Waals surface area contributed by atoms with Crippen molar-refractivity contribution in [1.29, 1.82) is 0 Å². The molecule has 0 spiro atoms. The zero-order chi connectivity index (χ0) is 12.1. The van der Waals surface area contributed by atoms with Crippen LogP contribution >= 0.6 is 0 Å². The van der Waals surface area contributed by atoms with Gasteiger partial charge in [0.2, 0.25) is 0 Å². The van der Waals surface area contributed by atoms with Crippen LogP contribution in [-0.4, -0.2) is 13.5 Å². The van der Waals surface area contributed by atoms with Gasteiger partial charge in [0.1, 0.15) is 5.08 Å². The summed E-state index contributed by atoms with van der Waals surface area (Å²) in [6.45, 7) is 0. The van der Waals surface area contributed by atoms with Gasteiger partial charge in [-0.2, -0.15) is 0 Å². The van der Waals surface area contributed by atoms with Gasteiger partial charge in [-0.15, -0.1) is 0 Å². The quantitative estimate of drug-likeness (QED) is 0.850. The topological polar surface area (TPSA) is 34.1 Å². The fourth-order valence-electron chi connectivity index (χ4n) is 1.38. The SMILES string of the molecule is O=[S@@](C[S@](=O)c1ccccc1)c1ccccc1. The van der Waals surface area contributed by atoms with Gasteiger partial charge in [-0.05, 0) is 24.3 Å². The van der Waals surface area contributed by atoms with E-state index in [-0.39, 0.29) is 5.08 Å². The molecule has 0 bridgehead atoms. The van der Waals surface area contributed by atoms with E-state index in [0.717, 1.165) is 9.79 Å². The average Bonchev–Trinajstić information content (AvgIpc) is 2.40. The highest BCUT2D eigenvalue weighted by molar-refractivity contribution is 8.01. The van der Waals surface area contributed by atoms with Gasteiger partial charge in [-0.25, -0.2) is 0 Å². The molecule has 0 aromatic heterocycles. The molecule has 0 unspecified atom stereocenters. The van der Waals surface area contributed by atoms with Gasteiger partial charge < -0.3 is 0 Å². The monoisotopic (exact) mass is 264 g/mol. The van der Waals surface area contributed by atoms with Crippen molar-refractivity contribution in [1.82, 2.24) is 0 Å². The first kappa shape index (κ1) is 12.2. The molecule has 4 heteroatoms. The van der Waals surface area contributed by atoms with Crippen LogP contribution in [0.15, 0.2) is 70.5 Å². The zero-order valence-electron chi connectivity index (χ0n) is 9.11. The van der Waals surface area contributed by atoms with Crippen LogP contribution in [0.4, 0.5) is 0 Å². The second-order valence-corrected chi connectivity index (χ2v) is 6.70. The maximum absolute atomic E-state index is 11.9. The molecule has 0 aliphatic carbocycles. The number of hydrogen-bond acceptors (Lipinski definition) is 2. The third kappa shape index (κ3) is 3.35. The third-order valence-electron chi connectivity index (χ3n) is 2.23. The average molecular weight is 264 g/mol. The first-order chi connectivity index (χ1) is 8.27. The van der Waals surface area contributed by atoms with Crippen LogP contribution < -0.4 is 0 Å². The van der Waals surface area contributed by atoms with Crippen LogP contribution in [-0.2, 0) is 21.6 Å². The van der Waals surface area contributed by atoms with E-state index in [2.05, 4.69) is 0 Å². The van der Waals surface area contributed by atoms with Crippen molar-refractivity contribution in [3.8, 4) is 0 Å². The van der Waals surface area contributed by atoms with Gasteiger partial charge in [0.25, 0.3) is 0 Å². The lowest BCUT2D eigenvalue weighted by Crippen LogP contribution is -2.05. The Hall–Kier alpha value is -1.26. The minimum Gasteiger partial charge on any atom is -0.253 e. The highest BCUT2D eigenvalue weighted by Crippen LogP contribution is 2.11. The Balaban J connectivity index is 2.08. The van der Waals surface area contributed by atoms with Crippen LogP contribution in [0.2, 0.25) is 0 Å². The van der Waals surface area contributed by atoms with Gasteiger partial charge in [-0.1, -0.05) is 36.4 Å². The van der Waals surface area contributed by atoms with Gasteiger partial charge in [0.15, 0.2) is 0 Å². The summed E-state index contributed by atoms with van der Waals surface area (Å²) in [6.07, 6.45) is 0. The summed E-state index contributed by atoms with van der Waals surface area (Å²) in [5.41, 5.74) is 0. The summed E-state index contributed by atoms with van der Waals surface area (Å²) in [6, 6.07) is 18.2. The molecule has 0 amide bonds. The lowest BCUT2D eigenvalue weighted by molar-refractivity contribution is 0.679. The van der Waals surface area contributed by atoms with Crippen LogP contribution in [0, 0.1) is 0 Å². The lowest BCUT2D eigenvalue weighted by Gasteiger charge is -2.02. The Morgan fingerprint density at radius 2 is 1.00 bits per heavy atom. The standard InChI is InChI=1S/C13H12O2S2/c14-16(12-7-3-1-4-8-12)11-17(15)13-9-5-2-6-10-13/h1-10H,11H2/t16-,17-/m0/s1. The first-order valence-electron chi connectivity index (χ1n) is 5.14. The summed E-state index contributed by atoms with van der Waals surface area (Å²) < 4.78 is 23.9. The third-order valence-corrected chi connectivity index (χ3v) is 5.53. The molecule has 0 N–H and O–H groups in total. The van der Waals surface area contributed by atoms with E-state index in [1.54, 1.807) is 24.3 Å². The summed E-state index contributed by atoms with van der Waals surface area (Å²) in [4.78, 5) is 1.44. The molecule has 2 aromatic carbocycles. The van der Waals surface area contributed by atoms with Gasteiger partial charge in [0, 0.05) is 9.79 Å². The summed E-state index contributed by atoms with van der Waals surface area (Å²) in [7, 11) is -2.43. The molecule has 2 atom stereocenters. The highest BCUT2D eigenvalue weighted by Gasteiger charge is 2.09. The van der Waals surface area contributed by atoms with E-state index in [1.165, 1.54) is 0 Å². The molecule has 0 saturated heterocycles. The Labute approximate surface area is 106 Å². The minimum absolute atomic E-state index is 0.147. The van der Waals surface area contributed by atoms with Crippen molar-refractivity contribution in [2.45, 2.75) is 9.79 Å². The Morgan fingerprint density at radius 1 is 0.647 bits per heavy atom. The molecule has 0 heterocycles. The predicted molar refractivity (Wildman–Crippen MR) is 70.6 cm³/mol. The molecule has 0 fully saturated rings. The summed E-state index contributed by atoms with van der Waals surface area (Å²) in [5, 5.41) is 0.147. The van der Waals surface area contributed by atoms with E-state index in [9.17, 15) is 8.42 Å². The van der Waals surface area contributed by atoms with E-state index in [4.69, 9.17) is 0 Å². The van der Waals surface area contributed by atoms with E-state index >= 15 is 0 Å². The molecular weight excluding hydrogens is 252 g/mol. The van der Waals surface area contributed by atoms with Crippen molar-refractivity contribution < 1.29 is 8.42 Å². The molecule has 0 saturated carbocycles. The van der Waals surface area contributed by atoms with Gasteiger partial charge in [0.05, 0.1) is 21.6 Å². The maximum Gasteiger partial charge on any atom is 0.108 e. The van der Waals surface area contributed by atoms with Crippen LogP contribution in [0.25, 0.3) is 0 Å². The maximum atomic E-state index is 11.9. The zero-order valence-corrected chi connectivity index (χ0v) is 10.7. The lowest BCUT2D eigenvalue weighted by atomic mass is 10.4. The number of benzene rings is 2. The minimum atomic E-state index is -1.21. The van der Waals surface area contributed by atoms with Crippen LogP contribution in [0.5, 0.6) is 0 Å². The molecule has 0 radical (unpaired) electrons. The summed E-state index contributed by atoms with van der Waals surface area (Å²) >= 11 is 0. The van der Waals surface area contributed by atoms with Crippen molar-refractivity contribution in [2.75, 3.05) is 5.08 Å². The molecule has 2 rings (SSSR count). The Morgan fingerprint density at radius 3 is 1.35 bits per heavy atom. The molecule has 88 valence electrons. The fraction of sp³-hybridized carbons (Fsp3) is 0.0769. The van der Waals surface area contributed by atoms with Crippen molar-refractivity contribution in [3.63, 3.8) is 0 Å². The highest BCUT2D eigenvalue weighted by atomic mass is 32.2. The predicted octanol–water partition coefficient (Wildman–Crippen LogP) is 2.56. The van der Waals surface area contributed by atoms with Gasteiger partial charge >= 0.3 is 0 Å². The van der Waals surface area contributed by atoms with Crippen LogP contribution in [0.3, 0.4) is 0 Å². The fourth-order valence-corrected chi connectivity index (χ4v) is 4.17. The molecular formula is C13H12O2S2. The second kappa shape index (κ2) is 5.89. The van der Waals surface area contributed by atoms with E-state index in [1.807, 2.05) is 36.4 Å². The van der Waals surface area contributed by atoms with E-state index < -0.39 is 21.6 Å². The Kier molecular flexibility index (Phi) is 4.23. The van der Waals surface area contributed by atoms with Crippen LogP contribution in [0.1, 0.15) is 0 Å². The Bertz CT molecular complexity index is 474. The molecule has 0 aliphatic heterocycles. The van der Waals surface area contributed by atoms with Crippen molar-refractivity contribution in [3.05, 3.63) is 60.7 Å². The van der Waals surface area contributed by atoms with Gasteiger partial charge in [-0.3, -0.25) is 8.42 Å². The van der Waals surface area contributed by atoms with E-state index in [0.29, 0.717) is 0 Å². The number of hydrogen-bond donors (Lipinski definition) is 0. The number of rotatable bonds is 4. The summed E-state index contributed by atoms with van der Waals surface area (Å²) in [5.74, 6) is 0. The largest absolute Gasteiger partial charge is 0.253 e. The van der Waals surface area contributed by atoms with Crippen molar-refractivity contribution in [2.24, 2.45) is 0 Å². The first-order valence-corrected chi connectivity index (χ1v) is 7.78. The normalized spacial score (nSPS) is 14.1. The molecule has 2 nitrogen and oxygen atoms in total. The molecule has 17 heavy (non-hydrogen) atoms.